The van der Waals surface area contributed by atoms with Gasteiger partial charge in [-0.15, -0.1) is 39.7 Å². The van der Waals surface area contributed by atoms with Crippen LogP contribution < -0.4 is 24.8 Å². The molecule has 0 saturated carbocycles. The summed E-state index contributed by atoms with van der Waals surface area (Å²) in [7, 11) is 0. The molecule has 0 spiro atoms. The molecule has 0 heterocycles. The Balaban J connectivity index is 0.000000426. The number of fused-ring (bicyclic) bond motifs is 3. The van der Waals surface area contributed by atoms with Gasteiger partial charge in [0.2, 0.25) is 0 Å². The molecule has 0 atom stereocenters. The number of hydrogen-bond acceptors (Lipinski definition) is 0. The van der Waals surface area contributed by atoms with Gasteiger partial charge in [0.05, 0.1) is 0 Å². The van der Waals surface area contributed by atoms with E-state index in [1.54, 1.807) is 0 Å². The Labute approximate surface area is 165 Å². The van der Waals surface area contributed by atoms with E-state index in [-0.39, 0.29) is 46.5 Å². The van der Waals surface area contributed by atoms with Gasteiger partial charge in [0.1, 0.15) is 0 Å². The van der Waals surface area contributed by atoms with Crippen LogP contribution >= 0.6 is 0 Å². The van der Waals surface area contributed by atoms with E-state index in [4.69, 9.17) is 0 Å². The van der Waals surface area contributed by atoms with Crippen LogP contribution in [0.4, 0.5) is 0 Å². The van der Waals surface area contributed by atoms with Crippen molar-refractivity contribution in [2.75, 3.05) is 0 Å². The maximum Gasteiger partial charge on any atom is 4.00 e. The zero-order valence-electron chi connectivity index (χ0n) is 13.0. The Morgan fingerprint density at radius 3 is 1.70 bits per heavy atom. The van der Waals surface area contributed by atoms with Crippen LogP contribution in [0.3, 0.4) is 0 Å². The van der Waals surface area contributed by atoms with Gasteiger partial charge in [-0.25, -0.2) is 6.07 Å². The van der Waals surface area contributed by atoms with Gasteiger partial charge in [0.25, 0.3) is 0 Å². The fourth-order valence-electron chi connectivity index (χ4n) is 2.55. The maximum absolute atomic E-state index is 2.24. The van der Waals surface area contributed by atoms with Crippen LogP contribution in [0.1, 0.15) is 12.5 Å². The van der Waals surface area contributed by atoms with Gasteiger partial charge in [-0.2, -0.15) is 23.8 Å². The SMILES string of the molecule is CCc1cc[cH-]c1.[Cl-].[Cl-].[Ti+4].c1ccc2c(c1)[cH-]c1ccccc12. The molecule has 116 valence electrons. The van der Waals surface area contributed by atoms with Crippen molar-refractivity contribution in [1.29, 1.82) is 0 Å². The topological polar surface area (TPSA) is 0 Å². The molecule has 0 aliphatic carbocycles. The Bertz CT molecular complexity index is 750. The molecule has 0 bridgehead atoms. The van der Waals surface area contributed by atoms with Crippen molar-refractivity contribution in [1.82, 2.24) is 0 Å². The van der Waals surface area contributed by atoms with Crippen molar-refractivity contribution in [2.24, 2.45) is 0 Å². The van der Waals surface area contributed by atoms with Crippen molar-refractivity contribution in [3.8, 4) is 0 Å². The Hall–Kier alpha value is -1.05. The fraction of sp³-hybridized carbons (Fsp3) is 0.100. The minimum absolute atomic E-state index is 0. The average molecular weight is 377 g/mol. The third-order valence-corrected chi connectivity index (χ3v) is 3.66. The quantitative estimate of drug-likeness (QED) is 0.315. The summed E-state index contributed by atoms with van der Waals surface area (Å²) in [4.78, 5) is 0. The predicted molar refractivity (Wildman–Crippen MR) is 88.5 cm³/mol. The van der Waals surface area contributed by atoms with E-state index in [1.807, 2.05) is 0 Å². The zero-order valence-corrected chi connectivity index (χ0v) is 16.0. The molecule has 0 aromatic heterocycles. The van der Waals surface area contributed by atoms with Gasteiger partial charge in [-0.1, -0.05) is 49.7 Å². The maximum atomic E-state index is 2.24. The van der Waals surface area contributed by atoms with Gasteiger partial charge < -0.3 is 24.8 Å². The van der Waals surface area contributed by atoms with E-state index in [2.05, 4.69) is 85.8 Å². The molecule has 23 heavy (non-hydrogen) atoms. The first-order valence-corrected chi connectivity index (χ1v) is 7.12. The minimum atomic E-state index is 0. The summed E-state index contributed by atoms with van der Waals surface area (Å²) < 4.78 is 0. The van der Waals surface area contributed by atoms with Gasteiger partial charge in [0.15, 0.2) is 0 Å². The number of halogens is 2. The summed E-state index contributed by atoms with van der Waals surface area (Å²) in [5.41, 5.74) is 1.43. The van der Waals surface area contributed by atoms with Crippen molar-refractivity contribution in [2.45, 2.75) is 13.3 Å². The second-order valence-corrected chi connectivity index (χ2v) is 4.97. The normalized spacial score (nSPS) is 9.09. The van der Waals surface area contributed by atoms with Crippen molar-refractivity contribution in [3.63, 3.8) is 0 Å². The molecule has 0 radical (unpaired) electrons. The molecular weight excluding hydrogens is 359 g/mol. The average Bonchev–Trinajstić information content (AvgIpc) is 3.15. The fourth-order valence-corrected chi connectivity index (χ4v) is 2.55. The van der Waals surface area contributed by atoms with Crippen LogP contribution in [0.15, 0.2) is 78.9 Å². The van der Waals surface area contributed by atoms with Gasteiger partial charge in [-0.05, 0) is 0 Å². The first-order valence-electron chi connectivity index (χ1n) is 7.12. The number of aryl methyl sites for hydroxylation is 1. The number of benzene rings is 2. The van der Waals surface area contributed by atoms with E-state index in [1.165, 1.54) is 27.1 Å². The largest absolute Gasteiger partial charge is 4.00 e. The van der Waals surface area contributed by atoms with Crippen molar-refractivity contribution >= 4 is 21.5 Å². The van der Waals surface area contributed by atoms with E-state index in [0.29, 0.717) is 0 Å². The Kier molecular flexibility index (Phi) is 10.2. The van der Waals surface area contributed by atoms with Crippen LogP contribution in [-0.4, -0.2) is 0 Å². The first kappa shape index (κ1) is 22.0. The zero-order chi connectivity index (χ0) is 13.8. The Morgan fingerprint density at radius 1 is 0.783 bits per heavy atom. The molecule has 0 fully saturated rings. The van der Waals surface area contributed by atoms with Gasteiger partial charge in [-0.3, -0.25) is 0 Å². The summed E-state index contributed by atoms with van der Waals surface area (Å²) >= 11 is 0. The van der Waals surface area contributed by atoms with E-state index < -0.39 is 0 Å². The molecule has 0 unspecified atom stereocenters. The molecule has 0 saturated heterocycles. The smallest absolute Gasteiger partial charge is 1.00 e. The van der Waals surface area contributed by atoms with E-state index >= 15 is 0 Å². The van der Waals surface area contributed by atoms with Crippen molar-refractivity contribution in [3.05, 3.63) is 84.4 Å². The van der Waals surface area contributed by atoms with Gasteiger partial charge >= 0.3 is 21.7 Å². The van der Waals surface area contributed by atoms with Crippen LogP contribution in [0.2, 0.25) is 0 Å². The molecule has 4 rings (SSSR count). The Morgan fingerprint density at radius 2 is 1.30 bits per heavy atom. The summed E-state index contributed by atoms with van der Waals surface area (Å²) in [5, 5.41) is 5.39. The second-order valence-electron chi connectivity index (χ2n) is 4.97. The minimum Gasteiger partial charge on any atom is -1.00 e. The molecule has 0 aliphatic rings. The standard InChI is InChI=1S/C13H9.C7H9.2ClH.Ti/c1-3-7-12-10(5-1)9-11-6-2-4-8-13(11)12;1-2-7-5-3-4-6-7;;;/h1-9H;3-6H,2H2,1H3;2*1H;/q2*-1;;;+4/p-2. The second kappa shape index (κ2) is 10.7. The first-order chi connectivity index (χ1) is 9.88. The molecule has 0 nitrogen and oxygen atoms in total. The molecule has 4 aromatic rings. The third-order valence-electron chi connectivity index (χ3n) is 3.66. The summed E-state index contributed by atoms with van der Waals surface area (Å²) in [5.74, 6) is 0. The van der Waals surface area contributed by atoms with Crippen LogP contribution in [0, 0.1) is 0 Å². The molecule has 0 amide bonds. The molecule has 0 aliphatic heterocycles. The molecule has 0 N–H and O–H groups in total. The summed E-state index contributed by atoms with van der Waals surface area (Å²) in [6, 6.07) is 27.7. The van der Waals surface area contributed by atoms with Crippen LogP contribution in [-0.2, 0) is 28.1 Å². The summed E-state index contributed by atoms with van der Waals surface area (Å²) in [6.07, 6.45) is 1.16. The number of hydrogen-bond donors (Lipinski definition) is 0. The third kappa shape index (κ3) is 5.23. The monoisotopic (exact) mass is 376 g/mol. The van der Waals surface area contributed by atoms with Crippen LogP contribution in [0.25, 0.3) is 21.5 Å². The van der Waals surface area contributed by atoms with Crippen molar-refractivity contribution < 1.29 is 46.5 Å². The molecular formula is C20H18Cl2Ti. The van der Waals surface area contributed by atoms with Gasteiger partial charge in [0, 0.05) is 0 Å². The number of rotatable bonds is 1. The molecule has 3 heteroatoms. The van der Waals surface area contributed by atoms with Crippen LogP contribution in [0.5, 0.6) is 0 Å². The predicted octanol–water partition coefficient (Wildman–Crippen LogP) is -0.315. The van der Waals surface area contributed by atoms with E-state index in [0.717, 1.165) is 6.42 Å². The molecule has 4 aromatic carbocycles. The summed E-state index contributed by atoms with van der Waals surface area (Å²) in [6.45, 7) is 2.16. The van der Waals surface area contributed by atoms with E-state index in [9.17, 15) is 0 Å².